The molecule has 0 saturated carbocycles. The minimum absolute atomic E-state index is 0.280. The summed E-state index contributed by atoms with van der Waals surface area (Å²) < 4.78 is 0. The van der Waals surface area contributed by atoms with Gasteiger partial charge in [0.25, 0.3) is 11.8 Å². The lowest BCUT2D eigenvalue weighted by atomic mass is 10.2. The maximum Gasteiger partial charge on any atom is 0.269 e. The summed E-state index contributed by atoms with van der Waals surface area (Å²) in [5.74, 6) is -0.566. The molecule has 7 heteroatoms. The van der Waals surface area contributed by atoms with Crippen LogP contribution in [0.25, 0.3) is 0 Å². The molecular formula is C16H15Cl2N3O2. The Morgan fingerprint density at radius 3 is 2.35 bits per heavy atom. The van der Waals surface area contributed by atoms with E-state index in [0.717, 1.165) is 5.69 Å². The molecule has 1 heterocycles. The van der Waals surface area contributed by atoms with Crippen LogP contribution >= 0.6 is 23.2 Å². The summed E-state index contributed by atoms with van der Waals surface area (Å²) in [7, 11) is 0. The quantitative estimate of drug-likeness (QED) is 0.813. The Morgan fingerprint density at radius 1 is 1.00 bits per heavy atom. The van der Waals surface area contributed by atoms with Gasteiger partial charge in [-0.3, -0.25) is 9.59 Å². The lowest BCUT2D eigenvalue weighted by molar-refractivity contribution is 0.0925. The standard InChI is InChI=1S/C16H15Cl2N3O2/c1-10-3-2-4-14(21-10)16(23)20-8-7-19-15(22)11-5-6-12(17)13(18)9-11/h2-6,9H,7-8H2,1H3,(H,19,22)(H,20,23). The number of nitrogens with zero attached hydrogens (tertiary/aromatic N) is 1. The van der Waals surface area contributed by atoms with E-state index in [0.29, 0.717) is 27.8 Å². The predicted octanol–water partition coefficient (Wildman–Crippen LogP) is 2.86. The second-order valence-corrected chi connectivity index (χ2v) is 5.62. The third kappa shape index (κ3) is 4.94. The zero-order chi connectivity index (χ0) is 16.8. The van der Waals surface area contributed by atoms with Crippen molar-refractivity contribution in [3.63, 3.8) is 0 Å². The molecule has 2 rings (SSSR count). The van der Waals surface area contributed by atoms with Gasteiger partial charge < -0.3 is 10.6 Å². The van der Waals surface area contributed by atoms with Gasteiger partial charge in [0, 0.05) is 24.3 Å². The van der Waals surface area contributed by atoms with Crippen LogP contribution < -0.4 is 10.6 Å². The van der Waals surface area contributed by atoms with E-state index in [-0.39, 0.29) is 18.4 Å². The van der Waals surface area contributed by atoms with Crippen LogP contribution in [0, 0.1) is 6.92 Å². The van der Waals surface area contributed by atoms with Gasteiger partial charge in [-0.2, -0.15) is 0 Å². The van der Waals surface area contributed by atoms with Crippen molar-refractivity contribution in [2.24, 2.45) is 0 Å². The van der Waals surface area contributed by atoms with E-state index in [1.807, 2.05) is 13.0 Å². The first kappa shape index (κ1) is 17.2. The number of rotatable bonds is 5. The Kier molecular flexibility index (Phi) is 5.96. The average Bonchev–Trinajstić information content (AvgIpc) is 2.53. The van der Waals surface area contributed by atoms with Gasteiger partial charge in [0.1, 0.15) is 5.69 Å². The van der Waals surface area contributed by atoms with Crippen LogP contribution in [0.1, 0.15) is 26.5 Å². The fourth-order valence-electron chi connectivity index (χ4n) is 1.85. The molecule has 1 aromatic carbocycles. The second-order valence-electron chi connectivity index (χ2n) is 4.80. The third-order valence-corrected chi connectivity index (χ3v) is 3.74. The normalized spacial score (nSPS) is 10.2. The minimum Gasteiger partial charge on any atom is -0.350 e. The van der Waals surface area contributed by atoms with E-state index in [9.17, 15) is 9.59 Å². The van der Waals surface area contributed by atoms with Crippen LogP contribution in [0.15, 0.2) is 36.4 Å². The second kappa shape index (κ2) is 7.94. The lowest BCUT2D eigenvalue weighted by Crippen LogP contribution is -2.35. The minimum atomic E-state index is -0.286. The summed E-state index contributed by atoms with van der Waals surface area (Å²) >= 11 is 11.7. The molecule has 2 aromatic rings. The third-order valence-electron chi connectivity index (χ3n) is 3.00. The topological polar surface area (TPSA) is 71.1 Å². The number of nitrogens with one attached hydrogen (secondary N) is 2. The largest absolute Gasteiger partial charge is 0.350 e. The zero-order valence-electron chi connectivity index (χ0n) is 12.4. The molecule has 1 aromatic heterocycles. The van der Waals surface area contributed by atoms with Crippen molar-refractivity contribution in [1.29, 1.82) is 0 Å². The number of carbonyl (C=O) groups excluding carboxylic acids is 2. The monoisotopic (exact) mass is 351 g/mol. The highest BCUT2D eigenvalue weighted by molar-refractivity contribution is 6.42. The maximum atomic E-state index is 11.9. The highest BCUT2D eigenvalue weighted by Crippen LogP contribution is 2.22. The average molecular weight is 352 g/mol. The fraction of sp³-hybridized carbons (Fsp3) is 0.188. The van der Waals surface area contributed by atoms with Crippen molar-refractivity contribution in [1.82, 2.24) is 15.6 Å². The van der Waals surface area contributed by atoms with E-state index < -0.39 is 0 Å². The summed E-state index contributed by atoms with van der Waals surface area (Å²) in [6.07, 6.45) is 0. The van der Waals surface area contributed by atoms with Crippen LogP contribution in [0.4, 0.5) is 0 Å². The number of aromatic nitrogens is 1. The number of aryl methyl sites for hydroxylation is 1. The maximum absolute atomic E-state index is 11.9. The van der Waals surface area contributed by atoms with Gasteiger partial charge in [-0.1, -0.05) is 29.3 Å². The molecule has 0 radical (unpaired) electrons. The molecule has 0 fully saturated rings. The van der Waals surface area contributed by atoms with Crippen molar-refractivity contribution < 1.29 is 9.59 Å². The Labute approximate surface area is 144 Å². The van der Waals surface area contributed by atoms with Crippen molar-refractivity contribution in [3.05, 3.63) is 63.4 Å². The molecule has 5 nitrogen and oxygen atoms in total. The van der Waals surface area contributed by atoms with Crippen LogP contribution in [-0.2, 0) is 0 Å². The molecule has 120 valence electrons. The molecule has 23 heavy (non-hydrogen) atoms. The molecule has 0 spiro atoms. The van der Waals surface area contributed by atoms with Gasteiger partial charge in [-0.15, -0.1) is 0 Å². The predicted molar refractivity (Wildman–Crippen MR) is 90.1 cm³/mol. The van der Waals surface area contributed by atoms with Gasteiger partial charge in [-0.05, 0) is 37.3 Å². The van der Waals surface area contributed by atoms with Crippen molar-refractivity contribution in [2.75, 3.05) is 13.1 Å². The summed E-state index contributed by atoms with van der Waals surface area (Å²) in [5.41, 5.74) is 1.53. The highest BCUT2D eigenvalue weighted by atomic mass is 35.5. The van der Waals surface area contributed by atoms with E-state index >= 15 is 0 Å². The Balaban J connectivity index is 1.79. The first-order chi connectivity index (χ1) is 11.0. The summed E-state index contributed by atoms with van der Waals surface area (Å²) in [6.45, 7) is 2.40. The van der Waals surface area contributed by atoms with Crippen LogP contribution in [0.2, 0.25) is 10.0 Å². The number of pyridine rings is 1. The molecular weight excluding hydrogens is 337 g/mol. The van der Waals surface area contributed by atoms with Crippen molar-refractivity contribution in [2.45, 2.75) is 6.92 Å². The van der Waals surface area contributed by atoms with E-state index in [4.69, 9.17) is 23.2 Å². The van der Waals surface area contributed by atoms with Crippen LogP contribution in [-0.4, -0.2) is 29.9 Å². The Hall–Kier alpha value is -2.11. The van der Waals surface area contributed by atoms with Crippen molar-refractivity contribution in [3.8, 4) is 0 Å². The number of benzene rings is 1. The molecule has 0 bridgehead atoms. The summed E-state index contributed by atoms with van der Waals surface area (Å²) in [4.78, 5) is 27.9. The van der Waals surface area contributed by atoms with Crippen LogP contribution in [0.5, 0.6) is 0 Å². The molecule has 0 unspecified atom stereocenters. The number of hydrogen-bond acceptors (Lipinski definition) is 3. The van der Waals surface area contributed by atoms with Gasteiger partial charge in [0.2, 0.25) is 0 Å². The summed E-state index contributed by atoms with van der Waals surface area (Å²) in [6, 6.07) is 9.85. The summed E-state index contributed by atoms with van der Waals surface area (Å²) in [5, 5.41) is 6.09. The van der Waals surface area contributed by atoms with Crippen LogP contribution in [0.3, 0.4) is 0 Å². The molecule has 2 amide bonds. The number of carbonyl (C=O) groups is 2. The molecule has 0 atom stereocenters. The first-order valence-electron chi connectivity index (χ1n) is 6.92. The molecule has 0 aliphatic carbocycles. The Morgan fingerprint density at radius 2 is 1.70 bits per heavy atom. The molecule has 2 N–H and O–H groups in total. The molecule has 0 aliphatic heterocycles. The van der Waals surface area contributed by atoms with Crippen molar-refractivity contribution >= 4 is 35.0 Å². The van der Waals surface area contributed by atoms with Gasteiger partial charge in [0.05, 0.1) is 10.0 Å². The fourth-order valence-corrected chi connectivity index (χ4v) is 2.15. The number of amides is 2. The molecule has 0 saturated heterocycles. The molecule has 0 aliphatic rings. The van der Waals surface area contributed by atoms with Gasteiger partial charge >= 0.3 is 0 Å². The number of hydrogen-bond donors (Lipinski definition) is 2. The van der Waals surface area contributed by atoms with E-state index in [1.165, 1.54) is 6.07 Å². The first-order valence-corrected chi connectivity index (χ1v) is 7.68. The number of halogens is 2. The van der Waals surface area contributed by atoms with E-state index in [1.54, 1.807) is 24.3 Å². The van der Waals surface area contributed by atoms with Gasteiger partial charge in [0.15, 0.2) is 0 Å². The zero-order valence-corrected chi connectivity index (χ0v) is 13.9. The Bertz CT molecular complexity index is 735. The SMILES string of the molecule is Cc1cccc(C(=O)NCCNC(=O)c2ccc(Cl)c(Cl)c2)n1. The van der Waals surface area contributed by atoms with Gasteiger partial charge in [-0.25, -0.2) is 4.98 Å². The highest BCUT2D eigenvalue weighted by Gasteiger charge is 2.09. The van der Waals surface area contributed by atoms with E-state index in [2.05, 4.69) is 15.6 Å². The smallest absolute Gasteiger partial charge is 0.269 e. The lowest BCUT2D eigenvalue weighted by Gasteiger charge is -2.08.